The van der Waals surface area contributed by atoms with Gasteiger partial charge < -0.3 is 9.84 Å². The van der Waals surface area contributed by atoms with Crippen LogP contribution >= 0.6 is 0 Å². The van der Waals surface area contributed by atoms with Gasteiger partial charge in [-0.3, -0.25) is 14.4 Å². The number of allylic oxidation sites excluding steroid dienone is 4. The van der Waals surface area contributed by atoms with Gasteiger partial charge in [-0.2, -0.15) is 0 Å². The van der Waals surface area contributed by atoms with Crippen molar-refractivity contribution >= 4 is 23.8 Å². The molecule has 6 heteroatoms. The Morgan fingerprint density at radius 2 is 2.14 bits per heavy atom. The van der Waals surface area contributed by atoms with E-state index < -0.39 is 28.9 Å². The molecule has 0 saturated heterocycles. The molecule has 8 atom stereocenters. The van der Waals surface area contributed by atoms with E-state index in [-0.39, 0.29) is 29.0 Å². The van der Waals surface area contributed by atoms with Crippen LogP contribution in [0.1, 0.15) is 46.5 Å². The summed E-state index contributed by atoms with van der Waals surface area (Å²) in [4.78, 5) is 41.1. The van der Waals surface area contributed by atoms with Crippen molar-refractivity contribution in [3.8, 4) is 0 Å². The third-order valence-corrected chi connectivity index (χ3v) is 8.82. The first-order valence-electron chi connectivity index (χ1n) is 10.5. The van der Waals surface area contributed by atoms with Gasteiger partial charge in [-0.15, -0.1) is 0 Å². The Bertz CT molecular complexity index is 918. The lowest BCUT2D eigenvalue weighted by atomic mass is 9.46. The molecule has 6 unspecified atom stereocenters. The van der Waals surface area contributed by atoms with Crippen LogP contribution in [0, 0.1) is 28.6 Å². The fourth-order valence-electron chi connectivity index (χ4n) is 7.71. The highest BCUT2D eigenvalue weighted by atomic mass is 16.5. The Balaban J connectivity index is 1.61. The first-order valence-corrected chi connectivity index (χ1v) is 10.5. The summed E-state index contributed by atoms with van der Waals surface area (Å²) in [6.07, 6.45) is 7.28. The molecule has 6 nitrogen and oxygen atoms in total. The Kier molecular flexibility index (Phi) is 3.75. The summed E-state index contributed by atoms with van der Waals surface area (Å²) in [5.41, 5.74) is -1.14. The van der Waals surface area contributed by atoms with Gasteiger partial charge in [0.1, 0.15) is 6.10 Å². The minimum atomic E-state index is -1.23. The molecule has 3 fully saturated rings. The van der Waals surface area contributed by atoms with Crippen molar-refractivity contribution in [2.75, 3.05) is 0 Å². The number of aliphatic imine (C=N–C) groups is 1. The molecule has 0 bridgehead atoms. The van der Waals surface area contributed by atoms with Gasteiger partial charge in [0.25, 0.3) is 0 Å². The van der Waals surface area contributed by atoms with Crippen molar-refractivity contribution < 1.29 is 24.2 Å². The van der Waals surface area contributed by atoms with Crippen LogP contribution in [0.2, 0.25) is 0 Å². The Morgan fingerprint density at radius 3 is 2.86 bits per heavy atom. The van der Waals surface area contributed by atoms with Crippen molar-refractivity contribution in [3.05, 3.63) is 23.8 Å². The molecular weight excluding hydrogens is 370 g/mol. The van der Waals surface area contributed by atoms with Crippen molar-refractivity contribution in [2.45, 2.75) is 64.2 Å². The fraction of sp³-hybridized carbons (Fsp3) is 0.652. The summed E-state index contributed by atoms with van der Waals surface area (Å²) in [7, 11) is 0. The largest absolute Gasteiger partial charge is 0.475 e. The quantitative estimate of drug-likeness (QED) is 0.570. The third-order valence-electron chi connectivity index (χ3n) is 8.82. The first kappa shape index (κ1) is 18.9. The van der Waals surface area contributed by atoms with E-state index in [9.17, 15) is 19.5 Å². The Morgan fingerprint density at radius 1 is 1.38 bits per heavy atom. The minimum Gasteiger partial charge on any atom is -0.475 e. The van der Waals surface area contributed by atoms with Crippen molar-refractivity contribution in [2.24, 2.45) is 33.6 Å². The number of hydrogen-bond acceptors (Lipinski definition) is 6. The van der Waals surface area contributed by atoms with Gasteiger partial charge in [0, 0.05) is 23.7 Å². The van der Waals surface area contributed by atoms with E-state index in [0.717, 1.165) is 18.4 Å². The number of ketones is 2. The van der Waals surface area contributed by atoms with Crippen LogP contribution in [0.5, 0.6) is 0 Å². The second-order valence-electron chi connectivity index (χ2n) is 9.93. The highest BCUT2D eigenvalue weighted by molar-refractivity contribution is 6.30. The second kappa shape index (κ2) is 5.75. The van der Waals surface area contributed by atoms with Crippen LogP contribution in [-0.2, 0) is 19.1 Å². The summed E-state index contributed by atoms with van der Waals surface area (Å²) in [6.45, 7) is 5.85. The first-order chi connectivity index (χ1) is 13.7. The van der Waals surface area contributed by atoms with Crippen LogP contribution in [0.15, 0.2) is 28.8 Å². The van der Waals surface area contributed by atoms with E-state index in [1.54, 1.807) is 19.1 Å². The lowest BCUT2D eigenvalue weighted by Gasteiger charge is -2.59. The predicted octanol–water partition coefficient (Wildman–Crippen LogP) is 2.20. The number of carbonyl (C=O) groups is 3. The number of nitrogens with zero attached hydrogens (tertiary/aromatic N) is 1. The molecule has 0 radical (unpaired) electrons. The van der Waals surface area contributed by atoms with E-state index in [0.29, 0.717) is 25.0 Å². The highest BCUT2D eigenvalue weighted by Gasteiger charge is 2.74. The minimum absolute atomic E-state index is 0.00945. The van der Waals surface area contributed by atoms with Crippen LogP contribution in [0.4, 0.5) is 0 Å². The zero-order valence-corrected chi connectivity index (χ0v) is 17.1. The SMILES string of the molecule is CC1=NC2(C(=O)C=O)C(CC3C4CCC5=CC(=O)C=C[C@]5(C)C4C(O)C[C@@]32C)O1. The molecule has 0 amide bonds. The molecular formula is C23H27NO5. The van der Waals surface area contributed by atoms with Crippen molar-refractivity contribution in [3.63, 3.8) is 0 Å². The summed E-state index contributed by atoms with van der Waals surface area (Å²) in [6, 6.07) is 0. The lowest BCUT2D eigenvalue weighted by Crippen LogP contribution is -2.62. The van der Waals surface area contributed by atoms with Crippen LogP contribution in [-0.4, -0.2) is 46.6 Å². The van der Waals surface area contributed by atoms with Gasteiger partial charge >= 0.3 is 0 Å². The van der Waals surface area contributed by atoms with Crippen LogP contribution in [0.3, 0.4) is 0 Å². The molecule has 0 spiro atoms. The molecule has 29 heavy (non-hydrogen) atoms. The molecule has 0 aromatic rings. The maximum atomic E-state index is 12.9. The zero-order chi connectivity index (χ0) is 20.8. The molecule has 3 saturated carbocycles. The predicted molar refractivity (Wildman–Crippen MR) is 105 cm³/mol. The highest BCUT2D eigenvalue weighted by Crippen LogP contribution is 2.69. The van der Waals surface area contributed by atoms with Gasteiger partial charge in [-0.05, 0) is 49.7 Å². The number of carbonyl (C=O) groups excluding carboxylic acids is 3. The van der Waals surface area contributed by atoms with Crippen LogP contribution < -0.4 is 0 Å². The van der Waals surface area contributed by atoms with E-state index in [4.69, 9.17) is 4.74 Å². The average Bonchev–Trinajstić information content (AvgIpc) is 3.12. The molecule has 154 valence electrons. The van der Waals surface area contributed by atoms with Gasteiger partial charge in [0.05, 0.1) is 6.10 Å². The maximum absolute atomic E-state index is 12.9. The second-order valence-corrected chi connectivity index (χ2v) is 9.93. The third kappa shape index (κ3) is 2.11. The van der Waals surface area contributed by atoms with E-state index >= 15 is 0 Å². The van der Waals surface area contributed by atoms with Gasteiger partial charge in [0.2, 0.25) is 5.78 Å². The number of aliphatic hydroxyl groups excluding tert-OH is 1. The fourth-order valence-corrected chi connectivity index (χ4v) is 7.71. The normalized spacial score (nSPS) is 49.8. The van der Waals surface area contributed by atoms with E-state index in [1.807, 2.05) is 13.0 Å². The molecule has 1 N–H and O–H groups in total. The Labute approximate surface area is 170 Å². The van der Waals surface area contributed by atoms with Crippen molar-refractivity contribution in [1.29, 1.82) is 0 Å². The molecule has 4 aliphatic carbocycles. The summed E-state index contributed by atoms with van der Waals surface area (Å²) < 4.78 is 5.95. The Hall–Kier alpha value is -2.08. The average molecular weight is 397 g/mol. The molecule has 0 aromatic heterocycles. The summed E-state index contributed by atoms with van der Waals surface area (Å²) in [5.74, 6) is 0.167. The lowest BCUT2D eigenvalue weighted by molar-refractivity contribution is -0.147. The van der Waals surface area contributed by atoms with E-state index in [2.05, 4.69) is 11.9 Å². The number of aldehydes is 1. The number of ether oxygens (including phenoxy) is 1. The van der Waals surface area contributed by atoms with Gasteiger partial charge in [-0.1, -0.05) is 25.5 Å². The number of Topliss-reactive ketones (excluding diaryl/α,β-unsaturated/α-hetero) is 1. The molecule has 1 heterocycles. The van der Waals surface area contributed by atoms with E-state index in [1.165, 1.54) is 0 Å². The number of rotatable bonds is 2. The topological polar surface area (TPSA) is 93.0 Å². The maximum Gasteiger partial charge on any atom is 0.227 e. The molecule has 5 rings (SSSR count). The molecule has 5 aliphatic rings. The standard InChI is InChI=1S/C23H27NO5/c1-12-24-23(18(28)11-25)19(29-12)9-16-15-5-4-13-8-14(26)6-7-21(13,2)20(15)17(27)10-22(16,23)3/h6-8,11,15-17,19-20,27H,4-5,9-10H2,1-3H3/t15?,16?,17?,19?,20?,21-,22-,23?/m0/s1. The number of hydrogen-bond donors (Lipinski definition) is 1. The monoisotopic (exact) mass is 397 g/mol. The summed E-state index contributed by atoms with van der Waals surface area (Å²) in [5, 5.41) is 11.4. The van der Waals surface area contributed by atoms with Gasteiger partial charge in [-0.25, -0.2) is 4.99 Å². The van der Waals surface area contributed by atoms with Crippen molar-refractivity contribution in [1.82, 2.24) is 0 Å². The van der Waals surface area contributed by atoms with Gasteiger partial charge in [0.15, 0.2) is 23.5 Å². The number of aliphatic hydroxyl groups is 1. The molecule has 0 aromatic carbocycles. The summed E-state index contributed by atoms with van der Waals surface area (Å²) >= 11 is 0. The van der Waals surface area contributed by atoms with Crippen LogP contribution in [0.25, 0.3) is 0 Å². The smallest absolute Gasteiger partial charge is 0.227 e. The zero-order valence-electron chi connectivity index (χ0n) is 17.1. The number of fused-ring (bicyclic) bond motifs is 7. The molecule has 1 aliphatic heterocycles.